The smallest absolute Gasteiger partial charge is 0.462 e. The van der Waals surface area contributed by atoms with Crippen LogP contribution < -0.4 is 0 Å². The quantitative estimate of drug-likeness (QED) is 0.0222. The number of rotatable bonds is 64. The first-order chi connectivity index (χ1) is 40.7. The molecule has 0 saturated carbocycles. The molecule has 0 amide bonds. The van der Waals surface area contributed by atoms with E-state index in [-0.39, 0.29) is 25.7 Å². The highest BCUT2D eigenvalue weighted by molar-refractivity contribution is 7.47. The van der Waals surface area contributed by atoms with E-state index >= 15 is 0 Å². The lowest BCUT2D eigenvalue weighted by Gasteiger charge is -2.21. The molecule has 0 aliphatic carbocycles. The van der Waals surface area contributed by atoms with Crippen molar-refractivity contribution in [1.29, 1.82) is 0 Å². The van der Waals surface area contributed by atoms with Crippen molar-refractivity contribution in [1.82, 2.24) is 0 Å². The third kappa shape index (κ3) is 60.7. The molecule has 17 nitrogen and oxygen atoms in total. The van der Waals surface area contributed by atoms with E-state index in [1.165, 1.54) is 128 Å². The summed E-state index contributed by atoms with van der Waals surface area (Å²) < 4.78 is 67.8. The Morgan fingerprint density at radius 3 is 0.800 bits per heavy atom. The number of phosphoric acid groups is 2. The average molecular weight is 1260 g/mol. The van der Waals surface area contributed by atoms with Crippen LogP contribution in [0.25, 0.3) is 0 Å². The number of hydrogen-bond acceptors (Lipinski definition) is 15. The Morgan fingerprint density at radius 2 is 0.541 bits per heavy atom. The van der Waals surface area contributed by atoms with Gasteiger partial charge in [-0.1, -0.05) is 273 Å². The molecule has 504 valence electrons. The molecule has 0 bridgehead atoms. The van der Waals surface area contributed by atoms with Gasteiger partial charge in [0, 0.05) is 25.7 Å². The van der Waals surface area contributed by atoms with Crippen molar-refractivity contribution in [3.05, 3.63) is 0 Å². The van der Waals surface area contributed by atoms with E-state index in [1.807, 2.05) is 0 Å². The lowest BCUT2D eigenvalue weighted by molar-refractivity contribution is -0.161. The Labute approximate surface area is 517 Å². The zero-order valence-electron chi connectivity index (χ0n) is 55.1. The summed E-state index contributed by atoms with van der Waals surface area (Å²) in [6.07, 6.45) is 39.5. The van der Waals surface area contributed by atoms with E-state index in [1.54, 1.807) is 0 Å². The fourth-order valence-corrected chi connectivity index (χ4v) is 11.4. The monoisotopic (exact) mass is 1250 g/mol. The Kier molecular flexibility index (Phi) is 55.9. The van der Waals surface area contributed by atoms with Gasteiger partial charge in [-0.15, -0.1) is 0 Å². The molecule has 0 rings (SSSR count). The van der Waals surface area contributed by atoms with E-state index in [4.69, 9.17) is 37.0 Å². The molecule has 0 aliphatic heterocycles. The zero-order chi connectivity index (χ0) is 63.1. The zero-order valence-corrected chi connectivity index (χ0v) is 56.9. The summed E-state index contributed by atoms with van der Waals surface area (Å²) in [4.78, 5) is 72.0. The first-order valence-electron chi connectivity index (χ1n) is 34.3. The molecule has 0 radical (unpaired) electrons. The number of unbranched alkanes of at least 4 members (excludes halogenated alkanes) is 32. The van der Waals surface area contributed by atoms with Gasteiger partial charge in [0.15, 0.2) is 12.2 Å². The fraction of sp³-hybridized carbons (Fsp3) is 0.939. The summed E-state index contributed by atoms with van der Waals surface area (Å²) >= 11 is 0. The van der Waals surface area contributed by atoms with Gasteiger partial charge in [-0.05, 0) is 43.4 Å². The highest BCUT2D eigenvalue weighted by atomic mass is 31.2. The van der Waals surface area contributed by atoms with Crippen molar-refractivity contribution in [3.63, 3.8) is 0 Å². The molecule has 19 heteroatoms. The summed E-state index contributed by atoms with van der Waals surface area (Å²) in [6.45, 7) is 11.7. The Morgan fingerprint density at radius 1 is 0.318 bits per heavy atom. The standard InChI is InChI=1S/C66H128O17P2/c1-8-9-10-30-40-47-63(68)76-53-61(83-66(71)50-43-36-29-28-33-39-46-59(6)7)55-80-84(72,73)78-51-60(67)52-79-85(74,75)81-56-62(54-77-64(69)48-41-34-26-22-19-18-21-25-32-38-45-58(4)5)82-65(70)49-42-35-27-23-17-15-13-11-12-14-16-20-24-31-37-44-57(2)3/h57-62,67H,8-56H2,1-7H3,(H,72,73)(H,74,75)/t60-,61+,62+/m0/s1. The molecule has 5 atom stereocenters. The van der Waals surface area contributed by atoms with Crippen LogP contribution in [-0.2, 0) is 65.4 Å². The molecule has 0 aromatic carbocycles. The van der Waals surface area contributed by atoms with Gasteiger partial charge in [0.2, 0.25) is 0 Å². The summed E-state index contributed by atoms with van der Waals surface area (Å²) in [5.41, 5.74) is 0. The van der Waals surface area contributed by atoms with Gasteiger partial charge < -0.3 is 33.8 Å². The molecular weight excluding hydrogens is 1130 g/mol. The van der Waals surface area contributed by atoms with Crippen LogP contribution in [0.2, 0.25) is 0 Å². The van der Waals surface area contributed by atoms with Crippen LogP contribution in [0.1, 0.15) is 325 Å². The van der Waals surface area contributed by atoms with Gasteiger partial charge in [0.1, 0.15) is 19.3 Å². The van der Waals surface area contributed by atoms with Gasteiger partial charge in [-0.25, -0.2) is 9.13 Å². The van der Waals surface area contributed by atoms with Gasteiger partial charge >= 0.3 is 39.5 Å². The molecule has 85 heavy (non-hydrogen) atoms. The van der Waals surface area contributed by atoms with Crippen molar-refractivity contribution in [3.8, 4) is 0 Å². The summed E-state index contributed by atoms with van der Waals surface area (Å²) in [5.74, 6) is 0.0838. The Bertz CT molecular complexity index is 1680. The number of aliphatic hydroxyl groups excluding tert-OH is 1. The molecule has 0 aromatic heterocycles. The molecule has 0 aromatic rings. The van der Waals surface area contributed by atoms with E-state index in [9.17, 15) is 43.2 Å². The van der Waals surface area contributed by atoms with Crippen LogP contribution in [0.15, 0.2) is 0 Å². The molecule has 0 spiro atoms. The maximum Gasteiger partial charge on any atom is 0.472 e. The molecule has 2 unspecified atom stereocenters. The van der Waals surface area contributed by atoms with E-state index in [0.717, 1.165) is 108 Å². The molecular formula is C66H128O17P2. The topological polar surface area (TPSA) is 237 Å². The van der Waals surface area contributed by atoms with Crippen LogP contribution in [0, 0.1) is 17.8 Å². The summed E-state index contributed by atoms with van der Waals surface area (Å²) in [6, 6.07) is 0. The van der Waals surface area contributed by atoms with Crippen molar-refractivity contribution in [2.45, 2.75) is 343 Å². The predicted octanol–water partition coefficient (Wildman–Crippen LogP) is 18.3. The minimum atomic E-state index is -4.95. The first-order valence-corrected chi connectivity index (χ1v) is 37.3. The second-order valence-electron chi connectivity index (χ2n) is 25.3. The third-order valence-corrected chi connectivity index (χ3v) is 17.0. The SMILES string of the molecule is CCCCCCCC(=O)OC[C@H](COP(=O)(O)OC[C@H](O)COP(=O)(O)OC[C@@H](COC(=O)CCCCCCCCCCCCC(C)C)OC(=O)CCCCCCCCCCCCCCCCCC(C)C)OC(=O)CCCCCCCCC(C)C. The van der Waals surface area contributed by atoms with Crippen molar-refractivity contribution in [2.75, 3.05) is 39.6 Å². The van der Waals surface area contributed by atoms with Crippen LogP contribution in [-0.4, -0.2) is 96.7 Å². The van der Waals surface area contributed by atoms with Gasteiger partial charge in [-0.3, -0.25) is 37.3 Å². The van der Waals surface area contributed by atoms with Crippen LogP contribution in [0.4, 0.5) is 0 Å². The maximum absolute atomic E-state index is 13.0. The molecule has 0 aliphatic rings. The lowest BCUT2D eigenvalue weighted by Crippen LogP contribution is -2.30. The molecule has 0 fully saturated rings. The maximum atomic E-state index is 13.0. The Balaban J connectivity index is 5.15. The van der Waals surface area contributed by atoms with Crippen LogP contribution in [0.3, 0.4) is 0 Å². The van der Waals surface area contributed by atoms with E-state index in [0.29, 0.717) is 31.6 Å². The number of phosphoric ester groups is 2. The number of ether oxygens (including phenoxy) is 4. The predicted molar refractivity (Wildman–Crippen MR) is 340 cm³/mol. The molecule has 0 saturated heterocycles. The minimum Gasteiger partial charge on any atom is -0.462 e. The number of carbonyl (C=O) groups is 4. The van der Waals surface area contributed by atoms with Gasteiger partial charge in [-0.2, -0.15) is 0 Å². The number of hydrogen-bond donors (Lipinski definition) is 3. The highest BCUT2D eigenvalue weighted by Gasteiger charge is 2.30. The van der Waals surface area contributed by atoms with E-state index in [2.05, 4.69) is 48.5 Å². The van der Waals surface area contributed by atoms with Crippen molar-refractivity contribution >= 4 is 39.5 Å². The molecule has 3 N–H and O–H groups in total. The second-order valence-corrected chi connectivity index (χ2v) is 28.2. The highest BCUT2D eigenvalue weighted by Crippen LogP contribution is 2.45. The fourth-order valence-electron chi connectivity index (χ4n) is 9.83. The number of carbonyl (C=O) groups excluding carboxylic acids is 4. The average Bonchev–Trinajstić information content (AvgIpc) is 3.51. The minimum absolute atomic E-state index is 0.101. The number of esters is 4. The van der Waals surface area contributed by atoms with Gasteiger partial charge in [0.25, 0.3) is 0 Å². The summed E-state index contributed by atoms with van der Waals surface area (Å²) in [7, 11) is -9.88. The van der Waals surface area contributed by atoms with E-state index < -0.39 is 97.5 Å². The van der Waals surface area contributed by atoms with Crippen LogP contribution >= 0.6 is 15.6 Å². The van der Waals surface area contributed by atoms with Crippen molar-refractivity contribution < 1.29 is 80.2 Å². The lowest BCUT2D eigenvalue weighted by atomic mass is 10.0. The van der Waals surface area contributed by atoms with Crippen molar-refractivity contribution in [2.24, 2.45) is 17.8 Å². The largest absolute Gasteiger partial charge is 0.472 e. The van der Waals surface area contributed by atoms with Gasteiger partial charge in [0.05, 0.1) is 26.4 Å². The number of aliphatic hydroxyl groups is 1. The molecule has 0 heterocycles. The Hall–Kier alpha value is -1.94. The van der Waals surface area contributed by atoms with Crippen LogP contribution in [0.5, 0.6) is 0 Å². The second kappa shape index (κ2) is 57.2. The summed E-state index contributed by atoms with van der Waals surface area (Å²) in [5, 5.41) is 10.5. The third-order valence-electron chi connectivity index (χ3n) is 15.1. The first kappa shape index (κ1) is 83.1. The normalized spacial score (nSPS) is 14.3.